The number of carbonyl (C=O) groups excluding carboxylic acids is 2. The van der Waals surface area contributed by atoms with Crippen molar-refractivity contribution >= 4 is 28.5 Å². The summed E-state index contributed by atoms with van der Waals surface area (Å²) < 4.78 is 5.32. The molecule has 1 aromatic heterocycles. The number of nitrogens with two attached hydrogens (primary N) is 2. The van der Waals surface area contributed by atoms with E-state index in [1.165, 1.54) is 0 Å². The molecule has 0 radical (unpaired) electrons. The van der Waals surface area contributed by atoms with Gasteiger partial charge in [0.2, 0.25) is 0 Å². The lowest BCUT2D eigenvalue weighted by molar-refractivity contribution is -0.121. The number of rotatable bonds is 3. The van der Waals surface area contributed by atoms with Gasteiger partial charge in [-0.1, -0.05) is 0 Å². The second-order valence-electron chi connectivity index (χ2n) is 3.75. The van der Waals surface area contributed by atoms with Crippen LogP contribution in [0.15, 0.2) is 30.5 Å². The molecule has 7 nitrogen and oxygen atoms in total. The fourth-order valence-corrected chi connectivity index (χ4v) is 1.61. The molecule has 2 rings (SSSR count). The van der Waals surface area contributed by atoms with E-state index < -0.39 is 11.9 Å². The van der Waals surface area contributed by atoms with Gasteiger partial charge in [0.25, 0.3) is 5.91 Å². The summed E-state index contributed by atoms with van der Waals surface area (Å²) in [7, 11) is 0. The molecule has 1 heterocycles. The molecular formula is C12H12N4O3. The van der Waals surface area contributed by atoms with Crippen LogP contribution in [0.2, 0.25) is 0 Å². The maximum absolute atomic E-state index is 11.3. The topological polar surface area (TPSA) is 120 Å². The Hall–Kier alpha value is -2.83. The lowest BCUT2D eigenvalue weighted by Crippen LogP contribution is -2.38. The molecule has 3 amide bonds. The summed E-state index contributed by atoms with van der Waals surface area (Å²) in [6.07, 6.45) is 1.61. The Morgan fingerprint density at radius 3 is 2.84 bits per heavy atom. The molecule has 0 atom stereocenters. The minimum absolute atomic E-state index is 0.323. The second-order valence-corrected chi connectivity index (χ2v) is 3.75. The first-order chi connectivity index (χ1) is 9.08. The van der Waals surface area contributed by atoms with Gasteiger partial charge in [-0.25, -0.2) is 4.79 Å². The minimum Gasteiger partial charge on any atom is -0.483 e. The van der Waals surface area contributed by atoms with E-state index in [2.05, 4.69) is 4.98 Å². The molecule has 0 spiro atoms. The molecule has 1 aromatic carbocycles. The van der Waals surface area contributed by atoms with Gasteiger partial charge < -0.3 is 16.2 Å². The number of benzene rings is 1. The lowest BCUT2D eigenvalue weighted by atomic mass is 10.2. The molecule has 0 aliphatic heterocycles. The number of hydrogen-bond acceptors (Lipinski definition) is 5. The van der Waals surface area contributed by atoms with E-state index in [1.807, 2.05) is 5.32 Å². The number of aromatic nitrogens is 1. The van der Waals surface area contributed by atoms with Gasteiger partial charge >= 0.3 is 6.03 Å². The van der Waals surface area contributed by atoms with Gasteiger partial charge in [-0.15, -0.1) is 0 Å². The number of ether oxygens (including phenoxy) is 1. The Morgan fingerprint density at radius 2 is 2.11 bits per heavy atom. The number of primary amides is 1. The molecule has 0 unspecified atom stereocenters. The second kappa shape index (κ2) is 5.21. The van der Waals surface area contributed by atoms with Crippen LogP contribution < -0.4 is 21.5 Å². The summed E-state index contributed by atoms with van der Waals surface area (Å²) in [5, 5.41) is 2.60. The summed E-state index contributed by atoms with van der Waals surface area (Å²) >= 11 is 0. The van der Waals surface area contributed by atoms with Gasteiger partial charge in [0.05, 0.1) is 11.2 Å². The number of carbonyl (C=O) groups is 2. The first kappa shape index (κ1) is 12.6. The third kappa shape index (κ3) is 2.89. The fraction of sp³-hybridized carbons (Fsp3) is 0.0833. The Bertz CT molecular complexity index is 642. The highest BCUT2D eigenvalue weighted by atomic mass is 16.5. The van der Waals surface area contributed by atoms with Crippen molar-refractivity contribution in [2.45, 2.75) is 0 Å². The van der Waals surface area contributed by atoms with Gasteiger partial charge in [0.15, 0.2) is 6.61 Å². The number of fused-ring (bicyclic) bond motifs is 1. The normalized spacial score (nSPS) is 10.1. The van der Waals surface area contributed by atoms with E-state index >= 15 is 0 Å². The number of hydrogen-bond donors (Lipinski definition) is 3. The van der Waals surface area contributed by atoms with Gasteiger partial charge in [-0.2, -0.15) is 0 Å². The van der Waals surface area contributed by atoms with E-state index in [4.69, 9.17) is 16.2 Å². The Balaban J connectivity index is 2.20. The molecule has 5 N–H and O–H groups in total. The third-order valence-electron chi connectivity index (χ3n) is 2.38. The number of urea groups is 1. The minimum atomic E-state index is -0.919. The summed E-state index contributed by atoms with van der Waals surface area (Å²) in [4.78, 5) is 25.9. The smallest absolute Gasteiger partial charge is 0.318 e. The van der Waals surface area contributed by atoms with Gasteiger partial charge in [-0.3, -0.25) is 15.1 Å². The quantitative estimate of drug-likeness (QED) is 0.689. The van der Waals surface area contributed by atoms with Crippen molar-refractivity contribution in [3.63, 3.8) is 0 Å². The zero-order valence-corrected chi connectivity index (χ0v) is 9.92. The van der Waals surface area contributed by atoms with Crippen LogP contribution in [0.1, 0.15) is 0 Å². The standard InChI is InChI=1S/C12H12N4O3/c13-8-3-4-9(7-2-1-5-15-11(7)8)19-6-10(17)16-12(14)18/h1-5H,6,13H2,(H3,14,16,17,18). The van der Waals surface area contributed by atoms with Crippen molar-refractivity contribution in [3.05, 3.63) is 30.5 Å². The maximum Gasteiger partial charge on any atom is 0.318 e. The van der Waals surface area contributed by atoms with Crippen molar-refractivity contribution in [1.29, 1.82) is 0 Å². The van der Waals surface area contributed by atoms with Gasteiger partial charge in [-0.05, 0) is 24.3 Å². The number of nitrogen functional groups attached to an aromatic ring is 1. The third-order valence-corrected chi connectivity index (χ3v) is 2.38. The Labute approximate surface area is 108 Å². The first-order valence-corrected chi connectivity index (χ1v) is 5.43. The van der Waals surface area contributed by atoms with Crippen molar-refractivity contribution in [3.8, 4) is 5.75 Å². The SMILES string of the molecule is NC(=O)NC(=O)COc1ccc(N)c2ncccc12. The molecule has 7 heteroatoms. The molecular weight excluding hydrogens is 248 g/mol. The predicted octanol–water partition coefficient (Wildman–Crippen LogP) is 0.391. The highest BCUT2D eigenvalue weighted by molar-refractivity contribution is 5.95. The monoisotopic (exact) mass is 260 g/mol. The number of imide groups is 1. The van der Waals surface area contributed by atoms with E-state index in [9.17, 15) is 9.59 Å². The summed E-state index contributed by atoms with van der Waals surface area (Å²) in [6.45, 7) is -0.323. The molecule has 0 saturated heterocycles. The van der Waals surface area contributed by atoms with Crippen molar-refractivity contribution in [2.24, 2.45) is 5.73 Å². The maximum atomic E-state index is 11.3. The number of anilines is 1. The summed E-state index contributed by atoms with van der Waals surface area (Å²) in [5.74, 6) is -0.168. The van der Waals surface area contributed by atoms with E-state index in [0.717, 1.165) is 0 Å². The highest BCUT2D eigenvalue weighted by Crippen LogP contribution is 2.28. The largest absolute Gasteiger partial charge is 0.483 e. The molecule has 0 fully saturated rings. The van der Waals surface area contributed by atoms with Crippen molar-refractivity contribution in [1.82, 2.24) is 10.3 Å². The summed E-state index contributed by atoms with van der Waals surface area (Å²) in [6, 6.07) is 5.86. The Kier molecular flexibility index (Phi) is 3.46. The lowest BCUT2D eigenvalue weighted by Gasteiger charge is -2.09. The van der Waals surface area contributed by atoms with Crippen LogP contribution in [0.5, 0.6) is 5.75 Å². The zero-order chi connectivity index (χ0) is 13.8. The van der Waals surface area contributed by atoms with Gasteiger partial charge in [0.1, 0.15) is 5.75 Å². The molecule has 98 valence electrons. The molecule has 0 aliphatic carbocycles. The number of nitrogens with one attached hydrogen (secondary N) is 1. The van der Waals surface area contributed by atoms with E-state index in [-0.39, 0.29) is 6.61 Å². The number of pyridine rings is 1. The zero-order valence-electron chi connectivity index (χ0n) is 9.92. The van der Waals surface area contributed by atoms with Crippen LogP contribution in [-0.4, -0.2) is 23.5 Å². The number of amides is 3. The van der Waals surface area contributed by atoms with Crippen LogP contribution in [0.4, 0.5) is 10.5 Å². The fourth-order valence-electron chi connectivity index (χ4n) is 1.61. The molecule has 2 aromatic rings. The van der Waals surface area contributed by atoms with E-state index in [0.29, 0.717) is 22.3 Å². The molecule has 19 heavy (non-hydrogen) atoms. The van der Waals surface area contributed by atoms with Crippen LogP contribution >= 0.6 is 0 Å². The van der Waals surface area contributed by atoms with Crippen molar-refractivity contribution < 1.29 is 14.3 Å². The van der Waals surface area contributed by atoms with Crippen LogP contribution in [0, 0.1) is 0 Å². The van der Waals surface area contributed by atoms with Crippen molar-refractivity contribution in [2.75, 3.05) is 12.3 Å². The van der Waals surface area contributed by atoms with Crippen LogP contribution in [-0.2, 0) is 4.79 Å². The van der Waals surface area contributed by atoms with Gasteiger partial charge in [0, 0.05) is 11.6 Å². The predicted molar refractivity (Wildman–Crippen MR) is 69.4 cm³/mol. The Morgan fingerprint density at radius 1 is 1.32 bits per heavy atom. The molecule has 0 bridgehead atoms. The molecule has 0 aliphatic rings. The summed E-state index contributed by atoms with van der Waals surface area (Å²) in [5.41, 5.74) is 11.7. The van der Waals surface area contributed by atoms with Crippen LogP contribution in [0.3, 0.4) is 0 Å². The first-order valence-electron chi connectivity index (χ1n) is 5.43. The number of nitrogens with zero attached hydrogens (tertiary/aromatic N) is 1. The molecule has 0 saturated carbocycles. The highest BCUT2D eigenvalue weighted by Gasteiger charge is 2.09. The van der Waals surface area contributed by atoms with E-state index in [1.54, 1.807) is 30.5 Å². The average molecular weight is 260 g/mol. The van der Waals surface area contributed by atoms with Crippen LogP contribution in [0.25, 0.3) is 10.9 Å². The average Bonchev–Trinajstić information content (AvgIpc) is 2.37.